The van der Waals surface area contributed by atoms with Gasteiger partial charge in [0.2, 0.25) is 0 Å². The quantitative estimate of drug-likeness (QED) is 0.843. The third-order valence-corrected chi connectivity index (χ3v) is 3.76. The van der Waals surface area contributed by atoms with Gasteiger partial charge in [-0.25, -0.2) is 0 Å². The van der Waals surface area contributed by atoms with Gasteiger partial charge >= 0.3 is 0 Å². The van der Waals surface area contributed by atoms with E-state index in [9.17, 15) is 0 Å². The standard InChI is InChI=1S/C14H19N3/c1-17(2)14(10-7-15-8-10)12-9-16-13-6-4-3-5-11(12)13/h3-6,9-10,14-16H,7-8H2,1-2H3. The molecular formula is C14H19N3. The molecule has 17 heavy (non-hydrogen) atoms. The van der Waals surface area contributed by atoms with Crippen molar-refractivity contribution in [2.45, 2.75) is 6.04 Å². The van der Waals surface area contributed by atoms with E-state index in [1.807, 2.05) is 0 Å². The van der Waals surface area contributed by atoms with E-state index in [4.69, 9.17) is 0 Å². The van der Waals surface area contributed by atoms with E-state index in [-0.39, 0.29) is 0 Å². The zero-order valence-corrected chi connectivity index (χ0v) is 10.4. The molecule has 0 bridgehead atoms. The van der Waals surface area contributed by atoms with Crippen molar-refractivity contribution in [2.24, 2.45) is 5.92 Å². The third kappa shape index (κ3) is 1.75. The first-order valence-corrected chi connectivity index (χ1v) is 6.20. The largest absolute Gasteiger partial charge is 0.361 e. The molecule has 1 aromatic heterocycles. The Morgan fingerprint density at radius 3 is 2.65 bits per heavy atom. The molecule has 1 aliphatic heterocycles. The lowest BCUT2D eigenvalue weighted by molar-refractivity contribution is 0.162. The van der Waals surface area contributed by atoms with Crippen LogP contribution in [-0.2, 0) is 0 Å². The van der Waals surface area contributed by atoms with Gasteiger partial charge in [-0.05, 0) is 25.7 Å². The highest BCUT2D eigenvalue weighted by Crippen LogP contribution is 2.33. The number of hydrogen-bond acceptors (Lipinski definition) is 2. The van der Waals surface area contributed by atoms with Crippen molar-refractivity contribution in [3.63, 3.8) is 0 Å². The van der Waals surface area contributed by atoms with E-state index in [2.05, 4.69) is 59.8 Å². The van der Waals surface area contributed by atoms with Crippen LogP contribution in [0.15, 0.2) is 30.5 Å². The van der Waals surface area contributed by atoms with Crippen molar-refractivity contribution in [3.8, 4) is 0 Å². The lowest BCUT2D eigenvalue weighted by Gasteiger charge is -2.38. The van der Waals surface area contributed by atoms with Crippen LogP contribution >= 0.6 is 0 Å². The van der Waals surface area contributed by atoms with Crippen LogP contribution < -0.4 is 5.32 Å². The summed E-state index contributed by atoms with van der Waals surface area (Å²) in [6, 6.07) is 9.06. The number of hydrogen-bond donors (Lipinski definition) is 2. The summed E-state index contributed by atoms with van der Waals surface area (Å²) < 4.78 is 0. The number of rotatable bonds is 3. The van der Waals surface area contributed by atoms with Gasteiger partial charge in [0, 0.05) is 42.1 Å². The van der Waals surface area contributed by atoms with Crippen LogP contribution in [0.5, 0.6) is 0 Å². The predicted molar refractivity (Wildman–Crippen MR) is 71.1 cm³/mol. The average Bonchev–Trinajstić information content (AvgIpc) is 2.66. The van der Waals surface area contributed by atoms with Gasteiger partial charge in [-0.3, -0.25) is 0 Å². The molecule has 0 amide bonds. The molecule has 1 unspecified atom stereocenters. The molecule has 1 saturated heterocycles. The van der Waals surface area contributed by atoms with Gasteiger partial charge in [0.25, 0.3) is 0 Å². The van der Waals surface area contributed by atoms with Crippen LogP contribution in [0, 0.1) is 5.92 Å². The summed E-state index contributed by atoms with van der Waals surface area (Å²) in [4.78, 5) is 5.71. The fourth-order valence-corrected chi connectivity index (χ4v) is 2.83. The second-order valence-electron chi connectivity index (χ2n) is 5.12. The molecule has 1 aromatic carbocycles. The Morgan fingerprint density at radius 1 is 1.24 bits per heavy atom. The van der Waals surface area contributed by atoms with Crippen LogP contribution in [0.1, 0.15) is 11.6 Å². The molecule has 0 aliphatic carbocycles. The van der Waals surface area contributed by atoms with E-state index in [1.54, 1.807) is 0 Å². The maximum Gasteiger partial charge on any atom is 0.0457 e. The maximum absolute atomic E-state index is 3.38. The predicted octanol–water partition coefficient (Wildman–Crippen LogP) is 1.99. The summed E-state index contributed by atoms with van der Waals surface area (Å²) in [7, 11) is 4.34. The van der Waals surface area contributed by atoms with Gasteiger partial charge < -0.3 is 15.2 Å². The number of nitrogens with one attached hydrogen (secondary N) is 2. The van der Waals surface area contributed by atoms with Gasteiger partial charge in [-0.1, -0.05) is 18.2 Å². The molecule has 0 saturated carbocycles. The molecule has 90 valence electrons. The first-order chi connectivity index (χ1) is 8.27. The Hall–Kier alpha value is -1.32. The summed E-state index contributed by atoms with van der Waals surface area (Å²) in [5, 5.41) is 4.73. The fraction of sp³-hybridized carbons (Fsp3) is 0.429. The molecule has 2 heterocycles. The number of aromatic nitrogens is 1. The van der Waals surface area contributed by atoms with Crippen molar-refractivity contribution >= 4 is 10.9 Å². The molecule has 1 fully saturated rings. The highest BCUT2D eigenvalue weighted by molar-refractivity contribution is 5.83. The van der Waals surface area contributed by atoms with E-state index in [0.29, 0.717) is 6.04 Å². The van der Waals surface area contributed by atoms with E-state index >= 15 is 0 Å². The Balaban J connectivity index is 2.05. The third-order valence-electron chi connectivity index (χ3n) is 3.76. The normalized spacial score (nSPS) is 18.5. The van der Waals surface area contributed by atoms with Crippen LogP contribution in [0.2, 0.25) is 0 Å². The Kier molecular flexibility index (Phi) is 2.65. The zero-order chi connectivity index (χ0) is 11.8. The molecule has 0 radical (unpaired) electrons. The highest BCUT2D eigenvalue weighted by atomic mass is 15.1. The summed E-state index contributed by atoms with van der Waals surface area (Å²) in [6.07, 6.45) is 2.17. The van der Waals surface area contributed by atoms with E-state index in [0.717, 1.165) is 19.0 Å². The first-order valence-electron chi connectivity index (χ1n) is 6.20. The molecular weight excluding hydrogens is 210 g/mol. The van der Waals surface area contributed by atoms with E-state index in [1.165, 1.54) is 16.5 Å². The molecule has 1 aliphatic rings. The zero-order valence-electron chi connectivity index (χ0n) is 10.4. The second kappa shape index (κ2) is 4.17. The lowest BCUT2D eigenvalue weighted by atomic mass is 9.87. The van der Waals surface area contributed by atoms with Gasteiger partial charge in [-0.15, -0.1) is 0 Å². The summed E-state index contributed by atoms with van der Waals surface area (Å²) in [5.74, 6) is 0.726. The van der Waals surface area contributed by atoms with Crippen molar-refractivity contribution in [1.29, 1.82) is 0 Å². The SMILES string of the molecule is CN(C)C(c1c[nH]c2ccccc12)C1CNC1. The maximum atomic E-state index is 3.38. The number of nitrogens with zero attached hydrogens (tertiary/aromatic N) is 1. The topological polar surface area (TPSA) is 31.1 Å². The minimum atomic E-state index is 0.507. The number of benzene rings is 1. The molecule has 0 spiro atoms. The van der Waals surface area contributed by atoms with Gasteiger partial charge in [0.05, 0.1) is 0 Å². The molecule has 3 rings (SSSR count). The van der Waals surface area contributed by atoms with Crippen molar-refractivity contribution in [3.05, 3.63) is 36.0 Å². The molecule has 2 N–H and O–H groups in total. The fourth-order valence-electron chi connectivity index (χ4n) is 2.83. The minimum absolute atomic E-state index is 0.507. The van der Waals surface area contributed by atoms with Crippen molar-refractivity contribution in [2.75, 3.05) is 27.2 Å². The average molecular weight is 229 g/mol. The summed E-state index contributed by atoms with van der Waals surface area (Å²) >= 11 is 0. The first kappa shape index (κ1) is 10.8. The smallest absolute Gasteiger partial charge is 0.0457 e. The summed E-state index contributed by atoms with van der Waals surface area (Å²) in [6.45, 7) is 2.25. The van der Waals surface area contributed by atoms with E-state index < -0.39 is 0 Å². The van der Waals surface area contributed by atoms with Gasteiger partial charge in [0.1, 0.15) is 0 Å². The number of aromatic amines is 1. The van der Waals surface area contributed by atoms with Gasteiger partial charge in [-0.2, -0.15) is 0 Å². The molecule has 3 nitrogen and oxygen atoms in total. The number of para-hydroxylation sites is 1. The molecule has 1 atom stereocenters. The highest BCUT2D eigenvalue weighted by Gasteiger charge is 2.31. The van der Waals surface area contributed by atoms with Crippen molar-refractivity contribution < 1.29 is 0 Å². The lowest BCUT2D eigenvalue weighted by Crippen LogP contribution is -2.48. The van der Waals surface area contributed by atoms with Crippen LogP contribution in [-0.4, -0.2) is 37.1 Å². The van der Waals surface area contributed by atoms with Crippen molar-refractivity contribution in [1.82, 2.24) is 15.2 Å². The molecule has 2 aromatic rings. The Morgan fingerprint density at radius 2 is 2.00 bits per heavy atom. The molecule has 3 heteroatoms. The Bertz CT molecular complexity index is 511. The van der Waals surface area contributed by atoms with Crippen LogP contribution in [0.3, 0.4) is 0 Å². The van der Waals surface area contributed by atoms with Crippen LogP contribution in [0.25, 0.3) is 10.9 Å². The van der Waals surface area contributed by atoms with Crippen LogP contribution in [0.4, 0.5) is 0 Å². The van der Waals surface area contributed by atoms with Gasteiger partial charge in [0.15, 0.2) is 0 Å². The summed E-state index contributed by atoms with van der Waals surface area (Å²) in [5.41, 5.74) is 2.67. The number of H-pyrrole nitrogens is 1. The Labute approximate surface area is 102 Å². The monoisotopic (exact) mass is 229 g/mol. The second-order valence-corrected chi connectivity index (χ2v) is 5.12. The number of fused-ring (bicyclic) bond motifs is 1. The minimum Gasteiger partial charge on any atom is -0.361 e.